The molecule has 3 aromatic carbocycles. The molecule has 6 rings (SSSR count). The molecule has 0 saturated carbocycles. The van der Waals surface area contributed by atoms with Gasteiger partial charge in [0.1, 0.15) is 11.6 Å². The lowest BCUT2D eigenvalue weighted by Crippen LogP contribution is -2.52. The van der Waals surface area contributed by atoms with Crippen molar-refractivity contribution >= 4 is 15.9 Å². The molecule has 0 radical (unpaired) electrons. The molecular weight excluding hydrogens is 546 g/mol. The maximum Gasteiger partial charge on any atom is 0.253 e. The Morgan fingerprint density at radius 1 is 0.780 bits per heavy atom. The van der Waals surface area contributed by atoms with E-state index < -0.39 is 10.0 Å². The van der Waals surface area contributed by atoms with Crippen molar-refractivity contribution in [2.45, 2.75) is 29.8 Å². The van der Waals surface area contributed by atoms with Gasteiger partial charge < -0.3 is 4.90 Å². The molecule has 3 heterocycles. The highest BCUT2D eigenvalue weighted by Crippen LogP contribution is 2.31. The highest BCUT2D eigenvalue weighted by atomic mass is 32.2. The number of hydrogen-bond donors (Lipinski definition) is 0. The van der Waals surface area contributed by atoms with Crippen LogP contribution in [0.1, 0.15) is 40.4 Å². The first kappa shape index (κ1) is 28.0. The van der Waals surface area contributed by atoms with Crippen LogP contribution in [-0.2, 0) is 10.0 Å². The van der Waals surface area contributed by atoms with Gasteiger partial charge in [-0.1, -0.05) is 30.3 Å². The van der Waals surface area contributed by atoms with Crippen molar-refractivity contribution in [3.05, 3.63) is 101 Å². The lowest BCUT2D eigenvalue weighted by Gasteiger charge is -2.40. The highest BCUT2D eigenvalue weighted by molar-refractivity contribution is 7.89. The van der Waals surface area contributed by atoms with Gasteiger partial charge in [-0.05, 0) is 73.0 Å². The normalized spacial score (nSPS) is 20.9. The van der Waals surface area contributed by atoms with Crippen molar-refractivity contribution in [2.75, 3.05) is 52.4 Å². The molecule has 1 atom stereocenters. The largest absolute Gasteiger partial charge is 0.336 e. The molecule has 216 valence electrons. The molecule has 0 aromatic heterocycles. The van der Waals surface area contributed by atoms with Crippen molar-refractivity contribution in [3.63, 3.8) is 0 Å². The molecule has 0 unspecified atom stereocenters. The first-order valence-corrected chi connectivity index (χ1v) is 15.6. The fourth-order valence-electron chi connectivity index (χ4n) is 6.39. The number of halogens is 2. The van der Waals surface area contributed by atoms with Gasteiger partial charge in [-0.25, -0.2) is 17.2 Å². The van der Waals surface area contributed by atoms with E-state index in [0.717, 1.165) is 37.1 Å². The molecular formula is C31H34F2N4O3S. The topological polar surface area (TPSA) is 64.2 Å². The first-order chi connectivity index (χ1) is 19.8. The Labute approximate surface area is 240 Å². The quantitative estimate of drug-likeness (QED) is 0.442. The minimum atomic E-state index is -3.70. The Balaban J connectivity index is 1.16. The fourth-order valence-corrected chi connectivity index (χ4v) is 7.90. The van der Waals surface area contributed by atoms with Gasteiger partial charge in [-0.2, -0.15) is 4.31 Å². The van der Waals surface area contributed by atoms with E-state index in [1.54, 1.807) is 51.7 Å². The fraction of sp³-hybridized carbons (Fsp3) is 0.387. The van der Waals surface area contributed by atoms with E-state index in [2.05, 4.69) is 9.80 Å². The van der Waals surface area contributed by atoms with Crippen LogP contribution in [0.15, 0.2) is 77.7 Å². The van der Waals surface area contributed by atoms with E-state index in [0.29, 0.717) is 44.8 Å². The molecule has 3 saturated heterocycles. The summed E-state index contributed by atoms with van der Waals surface area (Å²) >= 11 is 0. The van der Waals surface area contributed by atoms with Gasteiger partial charge in [-0.15, -0.1) is 0 Å². The van der Waals surface area contributed by atoms with E-state index in [4.69, 9.17) is 0 Å². The number of sulfonamides is 1. The van der Waals surface area contributed by atoms with Crippen molar-refractivity contribution in [2.24, 2.45) is 0 Å². The Hall–Kier alpha value is -3.18. The number of benzene rings is 3. The third-order valence-corrected chi connectivity index (χ3v) is 10.5. The highest BCUT2D eigenvalue weighted by Gasteiger charge is 2.37. The summed E-state index contributed by atoms with van der Waals surface area (Å²) in [6.07, 6.45) is 2.12. The van der Waals surface area contributed by atoms with E-state index in [-0.39, 0.29) is 34.5 Å². The summed E-state index contributed by atoms with van der Waals surface area (Å²) in [5.74, 6) is -0.860. The Kier molecular flexibility index (Phi) is 7.91. The smallest absolute Gasteiger partial charge is 0.253 e. The molecule has 3 aliphatic rings. The van der Waals surface area contributed by atoms with Crippen molar-refractivity contribution < 1.29 is 22.0 Å². The zero-order valence-corrected chi connectivity index (χ0v) is 23.6. The summed E-state index contributed by atoms with van der Waals surface area (Å²) in [6, 6.07) is 19.0. The minimum absolute atomic E-state index is 0.154. The number of carbonyl (C=O) groups excluding carboxylic acids is 1. The maximum atomic E-state index is 13.7. The Bertz CT molecular complexity index is 1450. The number of fused-ring (bicyclic) bond motifs is 1. The van der Waals surface area contributed by atoms with Crippen LogP contribution in [0.3, 0.4) is 0 Å². The molecule has 0 spiro atoms. The average Bonchev–Trinajstić information content (AvgIpc) is 3.48. The second-order valence-electron chi connectivity index (χ2n) is 11.1. The zero-order valence-electron chi connectivity index (χ0n) is 22.8. The summed E-state index contributed by atoms with van der Waals surface area (Å²) < 4.78 is 55.9. The molecule has 41 heavy (non-hydrogen) atoms. The monoisotopic (exact) mass is 580 g/mol. The minimum Gasteiger partial charge on any atom is -0.336 e. The number of hydrogen-bond acceptors (Lipinski definition) is 5. The van der Waals surface area contributed by atoms with E-state index in [1.165, 1.54) is 30.3 Å². The molecule has 3 fully saturated rings. The molecule has 7 nitrogen and oxygen atoms in total. The number of amides is 1. The van der Waals surface area contributed by atoms with Crippen LogP contribution in [-0.4, -0.2) is 91.7 Å². The van der Waals surface area contributed by atoms with Crippen molar-refractivity contribution in [1.29, 1.82) is 0 Å². The van der Waals surface area contributed by atoms with Gasteiger partial charge in [0.2, 0.25) is 10.0 Å². The lowest BCUT2D eigenvalue weighted by atomic mass is 9.96. The van der Waals surface area contributed by atoms with Gasteiger partial charge >= 0.3 is 0 Å². The van der Waals surface area contributed by atoms with Crippen LogP contribution in [0.2, 0.25) is 0 Å². The van der Waals surface area contributed by atoms with Crippen LogP contribution in [0.25, 0.3) is 0 Å². The van der Waals surface area contributed by atoms with Crippen molar-refractivity contribution in [3.8, 4) is 0 Å². The van der Waals surface area contributed by atoms with Crippen molar-refractivity contribution in [1.82, 2.24) is 19.0 Å². The van der Waals surface area contributed by atoms with Gasteiger partial charge in [0.15, 0.2) is 0 Å². The van der Waals surface area contributed by atoms with Crippen LogP contribution in [0.5, 0.6) is 0 Å². The summed E-state index contributed by atoms with van der Waals surface area (Å²) in [5.41, 5.74) is 2.12. The average molecular weight is 581 g/mol. The Morgan fingerprint density at radius 2 is 1.41 bits per heavy atom. The number of rotatable bonds is 6. The number of carbonyl (C=O) groups is 1. The summed E-state index contributed by atoms with van der Waals surface area (Å²) in [7, 11) is -3.70. The first-order valence-electron chi connectivity index (χ1n) is 14.2. The molecule has 0 bridgehead atoms. The third-order valence-electron chi connectivity index (χ3n) is 8.61. The predicted octanol–water partition coefficient (Wildman–Crippen LogP) is 3.98. The van der Waals surface area contributed by atoms with E-state index >= 15 is 0 Å². The van der Waals surface area contributed by atoms with Gasteiger partial charge in [-0.3, -0.25) is 14.6 Å². The second kappa shape index (κ2) is 11.6. The third kappa shape index (κ3) is 5.79. The van der Waals surface area contributed by atoms with E-state index in [1.807, 2.05) is 0 Å². The van der Waals surface area contributed by atoms with Crippen LogP contribution < -0.4 is 0 Å². The van der Waals surface area contributed by atoms with Gasteiger partial charge in [0.25, 0.3) is 5.91 Å². The summed E-state index contributed by atoms with van der Waals surface area (Å²) in [5, 5.41) is 0. The zero-order chi connectivity index (χ0) is 28.6. The number of nitrogens with zero attached hydrogens (tertiary/aromatic N) is 4. The van der Waals surface area contributed by atoms with Gasteiger partial charge in [0.05, 0.1) is 10.9 Å². The summed E-state index contributed by atoms with van der Waals surface area (Å²) in [6.45, 7) is 4.71. The second-order valence-corrected chi connectivity index (χ2v) is 13.0. The maximum absolute atomic E-state index is 13.7. The number of piperazine rings is 2. The molecule has 1 amide bonds. The molecule has 0 aliphatic carbocycles. The standard InChI is InChI=1S/C31H34F2N4O3S/c32-26-10-6-23(7-11-26)30(24-8-12-27(33)13-9-24)35-15-17-36(18-16-35)31(38)25-3-1-5-29(21-25)41(39,40)37-20-19-34-14-2-4-28(34)22-37/h1,3,5-13,21,28,30H,2,4,14-20,22H2/t28-/m1/s1. The van der Waals surface area contributed by atoms with Crippen LogP contribution >= 0.6 is 0 Å². The molecule has 0 N–H and O–H groups in total. The molecule has 10 heteroatoms. The predicted molar refractivity (Wildman–Crippen MR) is 152 cm³/mol. The van der Waals surface area contributed by atoms with Gasteiger partial charge in [0, 0.05) is 57.4 Å². The lowest BCUT2D eigenvalue weighted by molar-refractivity contribution is 0.0597. The SMILES string of the molecule is O=C(c1cccc(S(=O)(=O)N2CCN3CCC[C@@H]3C2)c1)N1CCN(C(c2ccc(F)cc2)c2ccc(F)cc2)CC1. The van der Waals surface area contributed by atoms with E-state index in [9.17, 15) is 22.0 Å². The molecule has 3 aromatic rings. The van der Waals surface area contributed by atoms with Crippen LogP contribution in [0.4, 0.5) is 8.78 Å². The Morgan fingerprint density at radius 3 is 2.05 bits per heavy atom. The van der Waals surface area contributed by atoms with Crippen LogP contribution in [0, 0.1) is 11.6 Å². The molecule has 3 aliphatic heterocycles. The summed E-state index contributed by atoms with van der Waals surface area (Å²) in [4.78, 5) is 20.0.